The lowest BCUT2D eigenvalue weighted by Crippen LogP contribution is -2.14. The third-order valence-electron chi connectivity index (χ3n) is 6.94. The molecule has 0 radical (unpaired) electrons. The second-order valence-corrected chi connectivity index (χ2v) is 12.1. The summed E-state index contributed by atoms with van der Waals surface area (Å²) in [5, 5.41) is 12.0. The average molecular weight is 592 g/mol. The fraction of sp³-hybridized carbons (Fsp3) is 0.176. The van der Waals surface area contributed by atoms with Gasteiger partial charge in [0, 0.05) is 33.0 Å². The maximum absolute atomic E-state index is 12.5. The lowest BCUT2D eigenvalue weighted by atomic mass is 9.86. The van der Waals surface area contributed by atoms with E-state index in [1.54, 1.807) is 31.4 Å². The minimum Gasteiger partial charge on any atom is -0.497 e. The van der Waals surface area contributed by atoms with Crippen LogP contribution in [0.3, 0.4) is 0 Å². The van der Waals surface area contributed by atoms with E-state index in [9.17, 15) is 9.59 Å². The smallest absolute Gasteiger partial charge is 0.248 e. The van der Waals surface area contributed by atoms with Crippen molar-refractivity contribution < 1.29 is 14.3 Å². The number of amides is 2. The molecule has 0 saturated heterocycles. The normalized spacial score (nSPS) is 11.3. The van der Waals surface area contributed by atoms with E-state index in [0.29, 0.717) is 17.1 Å². The van der Waals surface area contributed by atoms with Gasteiger partial charge in [0.2, 0.25) is 11.8 Å². The number of benzene rings is 4. The van der Waals surface area contributed by atoms with Gasteiger partial charge in [-0.2, -0.15) is 0 Å². The summed E-state index contributed by atoms with van der Waals surface area (Å²) >= 11 is 1.43. The summed E-state index contributed by atoms with van der Waals surface area (Å²) in [7, 11) is 1.65. The lowest BCUT2D eigenvalue weighted by molar-refractivity contribution is -0.113. The van der Waals surface area contributed by atoms with Crippen LogP contribution in [0.4, 0.5) is 5.69 Å². The molecule has 5 rings (SSSR count). The number of carbonyl (C=O) groups is 2. The van der Waals surface area contributed by atoms with Crippen LogP contribution in [0.15, 0.2) is 102 Å². The Balaban J connectivity index is 1.36. The van der Waals surface area contributed by atoms with Crippen LogP contribution in [0.1, 0.15) is 36.7 Å². The van der Waals surface area contributed by atoms with E-state index in [1.807, 2.05) is 53.1 Å². The number of hydrogen-bond acceptors (Lipinski definition) is 6. The number of nitrogens with two attached hydrogens (primary N) is 1. The van der Waals surface area contributed by atoms with Gasteiger partial charge in [0.25, 0.3) is 0 Å². The second kappa shape index (κ2) is 12.5. The number of thioether (sulfide) groups is 1. The number of anilines is 1. The Morgan fingerprint density at radius 3 is 1.88 bits per heavy atom. The van der Waals surface area contributed by atoms with Crippen molar-refractivity contribution in [3.63, 3.8) is 0 Å². The first-order valence-electron chi connectivity index (χ1n) is 13.8. The fourth-order valence-corrected chi connectivity index (χ4v) is 5.22. The van der Waals surface area contributed by atoms with Crippen molar-refractivity contribution in [3.8, 4) is 34.2 Å². The molecule has 0 spiro atoms. The molecule has 4 aromatic carbocycles. The number of primary amides is 1. The molecule has 0 fully saturated rings. The molecule has 0 unspecified atom stereocenters. The highest BCUT2D eigenvalue weighted by molar-refractivity contribution is 8.00. The van der Waals surface area contributed by atoms with Crippen molar-refractivity contribution in [2.24, 2.45) is 5.73 Å². The van der Waals surface area contributed by atoms with E-state index < -0.39 is 5.91 Å². The molecule has 1 aromatic heterocycles. The molecule has 218 valence electrons. The molecule has 0 atom stereocenters. The first kappa shape index (κ1) is 29.6. The molecule has 1 heterocycles. The number of ether oxygens (including phenoxy) is 1. The number of nitrogens with zero attached hydrogens (tertiary/aromatic N) is 3. The Morgan fingerprint density at radius 1 is 0.814 bits per heavy atom. The van der Waals surface area contributed by atoms with Gasteiger partial charge in [0.15, 0.2) is 11.6 Å². The number of aromatic nitrogens is 3. The third kappa shape index (κ3) is 6.95. The summed E-state index contributed by atoms with van der Waals surface area (Å²) in [5.74, 6) is 1.77. The molecule has 2 amide bonds. The van der Waals surface area contributed by atoms with E-state index in [-0.39, 0.29) is 17.1 Å². The molecule has 0 bridgehead atoms. The van der Waals surface area contributed by atoms with Gasteiger partial charge in [-0.25, -0.2) is 0 Å². The standard InChI is InChI=1S/C34H33N5O3S/c1-34(2,3)25-11-5-23(6-12-25)32-37-38-33(39(32)27-15-17-28(42-4)18-16-27)24-9-19-29(20-10-24)43-21-30(40)36-26-13-7-22(8-14-26)31(35)41/h5-20H,21H2,1-4H3,(H2,35,41)(H,36,40). The molecular weight excluding hydrogens is 558 g/mol. The maximum atomic E-state index is 12.5. The van der Waals surface area contributed by atoms with Crippen LogP contribution in [0.2, 0.25) is 0 Å². The fourth-order valence-electron chi connectivity index (χ4n) is 4.52. The van der Waals surface area contributed by atoms with E-state index >= 15 is 0 Å². The zero-order valence-corrected chi connectivity index (χ0v) is 25.3. The topological polar surface area (TPSA) is 112 Å². The van der Waals surface area contributed by atoms with Gasteiger partial charge in [-0.05, 0) is 71.6 Å². The van der Waals surface area contributed by atoms with Crippen LogP contribution < -0.4 is 15.8 Å². The Hall–Kier alpha value is -4.89. The Bertz CT molecular complexity index is 1720. The molecule has 3 N–H and O–H groups in total. The molecule has 0 aliphatic heterocycles. The summed E-state index contributed by atoms with van der Waals surface area (Å²) < 4.78 is 7.42. The highest BCUT2D eigenvalue weighted by Gasteiger charge is 2.19. The number of methoxy groups -OCH3 is 1. The van der Waals surface area contributed by atoms with Gasteiger partial charge in [0.05, 0.1) is 12.9 Å². The predicted molar refractivity (Wildman–Crippen MR) is 172 cm³/mol. The van der Waals surface area contributed by atoms with Crippen molar-refractivity contribution in [2.75, 3.05) is 18.2 Å². The molecular formula is C34H33N5O3S. The van der Waals surface area contributed by atoms with Crippen LogP contribution in [0, 0.1) is 0 Å². The summed E-state index contributed by atoms with van der Waals surface area (Å²) in [6, 6.07) is 30.7. The molecule has 0 saturated carbocycles. The van der Waals surface area contributed by atoms with Gasteiger partial charge >= 0.3 is 0 Å². The molecule has 0 aliphatic rings. The van der Waals surface area contributed by atoms with Crippen LogP contribution in [0.5, 0.6) is 5.75 Å². The third-order valence-corrected chi connectivity index (χ3v) is 7.95. The highest BCUT2D eigenvalue weighted by Crippen LogP contribution is 2.32. The van der Waals surface area contributed by atoms with Crippen molar-refractivity contribution in [3.05, 3.63) is 108 Å². The highest BCUT2D eigenvalue weighted by atomic mass is 32.2. The number of nitrogens with one attached hydrogen (secondary N) is 1. The minimum absolute atomic E-state index is 0.0471. The number of rotatable bonds is 9. The SMILES string of the molecule is COc1ccc(-n2c(-c3ccc(SCC(=O)Nc4ccc(C(N)=O)cc4)cc3)nnc2-c2ccc(C(C)(C)C)cc2)cc1. The van der Waals surface area contributed by atoms with E-state index in [0.717, 1.165) is 33.3 Å². The number of hydrogen-bond donors (Lipinski definition) is 2. The number of carbonyl (C=O) groups excluding carboxylic acids is 2. The average Bonchev–Trinajstić information content (AvgIpc) is 3.45. The minimum atomic E-state index is -0.509. The van der Waals surface area contributed by atoms with E-state index in [1.165, 1.54) is 17.3 Å². The summed E-state index contributed by atoms with van der Waals surface area (Å²) in [6.07, 6.45) is 0. The van der Waals surface area contributed by atoms with E-state index in [2.05, 4.69) is 60.6 Å². The first-order chi connectivity index (χ1) is 20.6. The molecule has 8 nitrogen and oxygen atoms in total. The molecule has 5 aromatic rings. The molecule has 43 heavy (non-hydrogen) atoms. The van der Waals surface area contributed by atoms with Crippen molar-refractivity contribution in [1.29, 1.82) is 0 Å². The summed E-state index contributed by atoms with van der Waals surface area (Å²) in [6.45, 7) is 6.58. The van der Waals surface area contributed by atoms with E-state index in [4.69, 9.17) is 10.5 Å². The van der Waals surface area contributed by atoms with Gasteiger partial charge < -0.3 is 15.8 Å². The van der Waals surface area contributed by atoms with Crippen LogP contribution in [-0.4, -0.2) is 39.4 Å². The van der Waals surface area contributed by atoms with Gasteiger partial charge in [-0.3, -0.25) is 14.2 Å². The van der Waals surface area contributed by atoms with Crippen molar-refractivity contribution in [1.82, 2.24) is 14.8 Å². The zero-order valence-electron chi connectivity index (χ0n) is 24.5. The monoisotopic (exact) mass is 591 g/mol. The molecule has 0 aliphatic carbocycles. The predicted octanol–water partition coefficient (Wildman–Crippen LogP) is 6.74. The Labute approximate surface area is 255 Å². The van der Waals surface area contributed by atoms with Gasteiger partial charge in [-0.1, -0.05) is 57.2 Å². The van der Waals surface area contributed by atoms with Crippen LogP contribution in [-0.2, 0) is 10.2 Å². The maximum Gasteiger partial charge on any atom is 0.248 e. The van der Waals surface area contributed by atoms with Gasteiger partial charge in [-0.15, -0.1) is 22.0 Å². The van der Waals surface area contributed by atoms with Crippen molar-refractivity contribution >= 4 is 29.3 Å². The zero-order chi connectivity index (χ0) is 30.6. The summed E-state index contributed by atoms with van der Waals surface area (Å²) in [4.78, 5) is 24.7. The summed E-state index contributed by atoms with van der Waals surface area (Å²) in [5.41, 5.74) is 10.3. The first-order valence-corrected chi connectivity index (χ1v) is 14.7. The van der Waals surface area contributed by atoms with Crippen LogP contribution in [0.25, 0.3) is 28.5 Å². The largest absolute Gasteiger partial charge is 0.497 e. The lowest BCUT2D eigenvalue weighted by Gasteiger charge is -2.19. The van der Waals surface area contributed by atoms with Gasteiger partial charge in [0.1, 0.15) is 5.75 Å². The Morgan fingerprint density at radius 2 is 1.37 bits per heavy atom. The quantitative estimate of drug-likeness (QED) is 0.184. The molecule has 9 heteroatoms. The van der Waals surface area contributed by atoms with Crippen molar-refractivity contribution in [2.45, 2.75) is 31.1 Å². The Kier molecular flexibility index (Phi) is 8.63. The second-order valence-electron chi connectivity index (χ2n) is 11.0. The van der Waals surface area contributed by atoms with Crippen LogP contribution >= 0.6 is 11.8 Å².